The van der Waals surface area contributed by atoms with Gasteiger partial charge in [0.05, 0.1) is 16.2 Å². The maximum atomic E-state index is 13.1. The molecule has 0 spiro atoms. The largest absolute Gasteiger partial charge is 0.328 e. The lowest BCUT2D eigenvalue weighted by Gasteiger charge is -2.13. The number of benzene rings is 3. The van der Waals surface area contributed by atoms with Crippen LogP contribution in [0.25, 0.3) is 10.9 Å². The Morgan fingerprint density at radius 1 is 0.848 bits per heavy atom. The van der Waals surface area contributed by atoms with Crippen LogP contribution in [0.2, 0.25) is 5.02 Å². The molecule has 0 aliphatic carbocycles. The van der Waals surface area contributed by atoms with Crippen LogP contribution in [-0.2, 0) is 9.59 Å². The van der Waals surface area contributed by atoms with Crippen molar-refractivity contribution in [2.75, 3.05) is 16.1 Å². The molecule has 3 aromatic carbocycles. The Balaban J connectivity index is 1.65. The van der Waals surface area contributed by atoms with Gasteiger partial charge in [0, 0.05) is 15.5 Å². The number of para-hydroxylation sites is 2. The van der Waals surface area contributed by atoms with Crippen LogP contribution in [-0.4, -0.2) is 22.4 Å². The lowest BCUT2D eigenvalue weighted by atomic mass is 10.2. The molecular weight excluding hydrogens is 508 g/mol. The first-order valence-electron chi connectivity index (χ1n) is 9.88. The van der Waals surface area contributed by atoms with Crippen molar-refractivity contribution in [1.29, 1.82) is 0 Å². The van der Waals surface area contributed by atoms with Crippen LogP contribution < -0.4 is 16.1 Å². The molecule has 3 N–H and O–H groups in total. The highest BCUT2D eigenvalue weighted by molar-refractivity contribution is 9.10. The lowest BCUT2D eigenvalue weighted by molar-refractivity contribution is -0.133. The quantitative estimate of drug-likeness (QED) is 0.315. The highest BCUT2D eigenvalue weighted by atomic mass is 79.9. The van der Waals surface area contributed by atoms with E-state index in [-0.39, 0.29) is 5.69 Å². The summed E-state index contributed by atoms with van der Waals surface area (Å²) in [5, 5.41) is 6.38. The summed E-state index contributed by atoms with van der Waals surface area (Å²) in [5.74, 6) is -2.29. The fraction of sp³-hybridized carbons (Fsp3) is 0.0417. The van der Waals surface area contributed by atoms with Gasteiger partial charge in [-0.1, -0.05) is 57.9 Å². The highest BCUT2D eigenvalue weighted by Gasteiger charge is 2.22. The summed E-state index contributed by atoms with van der Waals surface area (Å²) >= 11 is 9.57. The maximum absolute atomic E-state index is 13.1. The first-order valence-corrected chi connectivity index (χ1v) is 11.1. The normalized spacial score (nSPS) is 10.6. The number of carbonyl (C=O) groups is 3. The number of nitrogens with one attached hydrogen (secondary N) is 3. The van der Waals surface area contributed by atoms with Crippen molar-refractivity contribution in [3.05, 3.63) is 93.5 Å². The van der Waals surface area contributed by atoms with E-state index < -0.39 is 17.7 Å². The fourth-order valence-corrected chi connectivity index (χ4v) is 3.83. The van der Waals surface area contributed by atoms with E-state index in [4.69, 9.17) is 11.6 Å². The predicted molar refractivity (Wildman–Crippen MR) is 133 cm³/mol. The zero-order valence-corrected chi connectivity index (χ0v) is 19.7. The van der Waals surface area contributed by atoms with Gasteiger partial charge in [0.15, 0.2) is 0 Å². The van der Waals surface area contributed by atoms with Crippen molar-refractivity contribution in [2.45, 2.75) is 6.92 Å². The first kappa shape index (κ1) is 22.6. The van der Waals surface area contributed by atoms with E-state index in [9.17, 15) is 14.4 Å². The third-order valence-corrected chi connectivity index (χ3v) is 5.75. The first-order chi connectivity index (χ1) is 15.8. The summed E-state index contributed by atoms with van der Waals surface area (Å²) in [6, 6.07) is 20.8. The molecule has 0 fully saturated rings. The Kier molecular flexibility index (Phi) is 6.48. The smallest absolute Gasteiger partial charge is 0.319 e. The molecule has 0 atom stereocenters. The number of rotatable bonds is 4. The Hall–Kier alpha value is -3.62. The second-order valence-corrected chi connectivity index (χ2v) is 8.53. The van der Waals surface area contributed by atoms with E-state index in [2.05, 4.69) is 32.0 Å². The molecule has 33 heavy (non-hydrogen) atoms. The minimum Gasteiger partial charge on any atom is -0.319 e. The summed E-state index contributed by atoms with van der Waals surface area (Å²) < 4.78 is 2.09. The van der Waals surface area contributed by atoms with Crippen molar-refractivity contribution in [1.82, 2.24) is 4.68 Å². The number of anilines is 2. The van der Waals surface area contributed by atoms with E-state index in [0.29, 0.717) is 27.3 Å². The molecule has 9 heteroatoms. The van der Waals surface area contributed by atoms with Gasteiger partial charge >= 0.3 is 11.8 Å². The number of halogens is 2. The van der Waals surface area contributed by atoms with Crippen LogP contribution in [0.4, 0.5) is 11.4 Å². The number of aromatic nitrogens is 1. The third-order valence-electron chi connectivity index (χ3n) is 4.93. The molecule has 0 saturated heterocycles. The molecule has 3 amide bonds. The van der Waals surface area contributed by atoms with E-state index in [1.54, 1.807) is 60.7 Å². The van der Waals surface area contributed by atoms with Crippen molar-refractivity contribution in [3.8, 4) is 0 Å². The molecular formula is C24H18BrClN4O3. The Bertz CT molecular complexity index is 1400. The predicted octanol–water partition coefficient (Wildman–Crippen LogP) is 5.33. The van der Waals surface area contributed by atoms with Gasteiger partial charge in [-0.25, -0.2) is 4.68 Å². The number of hydrogen-bond acceptors (Lipinski definition) is 3. The SMILES string of the molecule is Cc1ccccc1NC(=O)C(=O)Nn1c(C(=O)Nc2ccccc2Cl)cc2cc(Br)ccc21. The molecule has 1 heterocycles. The lowest BCUT2D eigenvalue weighted by Crippen LogP contribution is -2.36. The Morgan fingerprint density at radius 3 is 2.27 bits per heavy atom. The van der Waals surface area contributed by atoms with E-state index in [1.165, 1.54) is 4.68 Å². The number of amides is 3. The van der Waals surface area contributed by atoms with Gasteiger partial charge in [-0.3, -0.25) is 19.8 Å². The summed E-state index contributed by atoms with van der Waals surface area (Å²) in [5.41, 5.74) is 4.96. The third kappa shape index (κ3) is 4.92. The average Bonchev–Trinajstić information content (AvgIpc) is 3.14. The fourth-order valence-electron chi connectivity index (χ4n) is 3.27. The average molecular weight is 526 g/mol. The molecule has 0 bridgehead atoms. The van der Waals surface area contributed by atoms with Gasteiger partial charge in [0.25, 0.3) is 5.91 Å². The van der Waals surface area contributed by atoms with Gasteiger partial charge in [0.2, 0.25) is 0 Å². The van der Waals surface area contributed by atoms with Gasteiger partial charge < -0.3 is 10.6 Å². The van der Waals surface area contributed by atoms with Crippen LogP contribution in [0.15, 0.2) is 77.3 Å². The summed E-state index contributed by atoms with van der Waals surface area (Å²) in [7, 11) is 0. The Morgan fingerprint density at radius 2 is 1.55 bits per heavy atom. The van der Waals surface area contributed by atoms with Crippen LogP contribution in [0.5, 0.6) is 0 Å². The van der Waals surface area contributed by atoms with Crippen molar-refractivity contribution in [3.63, 3.8) is 0 Å². The summed E-state index contributed by atoms with van der Waals surface area (Å²) in [6.07, 6.45) is 0. The number of aryl methyl sites for hydroxylation is 1. The van der Waals surface area contributed by atoms with Gasteiger partial charge in [-0.2, -0.15) is 0 Å². The zero-order valence-electron chi connectivity index (χ0n) is 17.4. The molecule has 0 unspecified atom stereocenters. The monoisotopic (exact) mass is 524 g/mol. The summed E-state index contributed by atoms with van der Waals surface area (Å²) in [6.45, 7) is 1.82. The molecule has 4 rings (SSSR count). The highest BCUT2D eigenvalue weighted by Crippen LogP contribution is 2.25. The van der Waals surface area contributed by atoms with Crippen LogP contribution >= 0.6 is 27.5 Å². The van der Waals surface area contributed by atoms with Crippen LogP contribution in [0.3, 0.4) is 0 Å². The topological polar surface area (TPSA) is 92.2 Å². The molecule has 0 aliphatic rings. The minimum absolute atomic E-state index is 0.125. The second-order valence-electron chi connectivity index (χ2n) is 7.21. The molecule has 4 aromatic rings. The van der Waals surface area contributed by atoms with Crippen molar-refractivity contribution in [2.24, 2.45) is 0 Å². The Labute approximate surface area is 202 Å². The second kappa shape index (κ2) is 9.48. The van der Waals surface area contributed by atoms with Crippen molar-refractivity contribution < 1.29 is 14.4 Å². The number of carbonyl (C=O) groups excluding carboxylic acids is 3. The van der Waals surface area contributed by atoms with E-state index >= 15 is 0 Å². The van der Waals surface area contributed by atoms with E-state index in [1.807, 2.05) is 19.1 Å². The number of fused-ring (bicyclic) bond motifs is 1. The van der Waals surface area contributed by atoms with Gasteiger partial charge in [0.1, 0.15) is 5.69 Å². The van der Waals surface area contributed by atoms with Crippen LogP contribution in [0.1, 0.15) is 16.1 Å². The minimum atomic E-state index is -0.925. The van der Waals surface area contributed by atoms with Crippen molar-refractivity contribution >= 4 is 67.5 Å². The summed E-state index contributed by atoms with van der Waals surface area (Å²) in [4.78, 5) is 38.3. The molecule has 1 aromatic heterocycles. The van der Waals surface area contributed by atoms with E-state index in [0.717, 1.165) is 10.0 Å². The zero-order chi connectivity index (χ0) is 23.5. The molecule has 0 saturated carbocycles. The van der Waals surface area contributed by atoms with Crippen LogP contribution in [0, 0.1) is 6.92 Å². The number of hydrogen-bond donors (Lipinski definition) is 3. The number of nitrogens with zero attached hydrogens (tertiary/aromatic N) is 1. The molecule has 0 radical (unpaired) electrons. The standard InChI is InChI=1S/C24H18BrClN4O3/c1-14-6-2-4-8-18(14)27-23(32)24(33)29-30-20-11-10-16(25)12-15(20)13-21(30)22(31)28-19-9-5-3-7-17(19)26/h2-13H,1H3,(H,27,32)(H,28,31)(H,29,33). The molecule has 0 aliphatic heterocycles. The van der Waals surface area contributed by atoms with Gasteiger partial charge in [-0.05, 0) is 55.0 Å². The van der Waals surface area contributed by atoms with Gasteiger partial charge in [-0.15, -0.1) is 0 Å². The molecule has 7 nitrogen and oxygen atoms in total. The molecule has 166 valence electrons. The maximum Gasteiger partial charge on any atom is 0.328 e.